The van der Waals surface area contributed by atoms with Gasteiger partial charge < -0.3 is 21.5 Å². The number of hydrogen-bond donors (Lipinski definition) is 4. The first kappa shape index (κ1) is 23.9. The third-order valence-corrected chi connectivity index (χ3v) is 5.96. The minimum absolute atomic E-state index is 0.0947. The molecule has 1 heterocycles. The minimum atomic E-state index is -1.09. The van der Waals surface area contributed by atoms with Gasteiger partial charge in [-0.15, -0.1) is 11.3 Å². The second-order valence-electron chi connectivity index (χ2n) is 7.42. The number of carbonyl (C=O) groups excluding carboxylic acids is 3. The molecule has 3 rings (SSSR count). The Labute approximate surface area is 194 Å². The van der Waals surface area contributed by atoms with Crippen molar-refractivity contribution in [3.05, 3.63) is 54.1 Å². The van der Waals surface area contributed by atoms with Crippen LogP contribution in [0.15, 0.2) is 48.5 Å². The van der Waals surface area contributed by atoms with Crippen LogP contribution in [0, 0.1) is 0 Å². The fourth-order valence-corrected chi connectivity index (χ4v) is 4.14. The number of para-hydroxylation sites is 1. The van der Waals surface area contributed by atoms with Crippen molar-refractivity contribution in [1.29, 1.82) is 0 Å². The molecule has 0 spiro atoms. The molecule has 0 aliphatic heterocycles. The van der Waals surface area contributed by atoms with Crippen molar-refractivity contribution in [1.82, 2.24) is 15.6 Å². The van der Waals surface area contributed by atoms with E-state index in [1.54, 1.807) is 11.3 Å². The molecule has 0 saturated carbocycles. The maximum atomic E-state index is 12.4. The number of carboxylic acids is 1. The lowest BCUT2D eigenvalue weighted by atomic mass is 10.1. The lowest BCUT2D eigenvalue weighted by molar-refractivity contribution is -0.138. The summed E-state index contributed by atoms with van der Waals surface area (Å²) in [5.74, 6) is -2.87. The number of rotatable bonds is 11. The van der Waals surface area contributed by atoms with Crippen LogP contribution in [0.4, 0.5) is 0 Å². The highest BCUT2D eigenvalue weighted by atomic mass is 32.1. The number of nitrogens with one attached hydrogen (secondary N) is 2. The van der Waals surface area contributed by atoms with E-state index in [0.29, 0.717) is 6.42 Å². The van der Waals surface area contributed by atoms with E-state index in [2.05, 4.69) is 15.6 Å². The van der Waals surface area contributed by atoms with Gasteiger partial charge in [0.15, 0.2) is 0 Å². The van der Waals surface area contributed by atoms with Crippen LogP contribution in [-0.4, -0.2) is 46.4 Å². The van der Waals surface area contributed by atoms with E-state index in [1.165, 1.54) is 0 Å². The number of amides is 3. The lowest BCUT2D eigenvalue weighted by Crippen LogP contribution is -2.48. The van der Waals surface area contributed by atoms with Gasteiger partial charge in [-0.1, -0.05) is 36.4 Å². The highest BCUT2D eigenvalue weighted by Crippen LogP contribution is 2.30. The molecule has 1 aromatic heterocycles. The standard InChI is InChI=1S/C23H24N4O5S/c24-19(28)13-25-22(32)17(10-12-21(30)31)26-20(29)11-7-14-5-8-15(9-6-14)23-27-16-3-1-2-4-18(16)33-23/h1-6,8-9,17H,7,10-13H2,(H2,24,28)(H,25,32)(H,26,29)(H,30,31)/t17-/m0/s1. The zero-order valence-electron chi connectivity index (χ0n) is 17.7. The summed E-state index contributed by atoms with van der Waals surface area (Å²) >= 11 is 1.61. The number of nitrogens with zero attached hydrogens (tertiary/aromatic N) is 1. The van der Waals surface area contributed by atoms with Crippen molar-refractivity contribution in [2.75, 3.05) is 6.54 Å². The van der Waals surface area contributed by atoms with E-state index in [0.717, 1.165) is 26.4 Å². The summed E-state index contributed by atoms with van der Waals surface area (Å²) < 4.78 is 1.12. The van der Waals surface area contributed by atoms with Crippen LogP contribution in [0.25, 0.3) is 20.8 Å². The zero-order chi connectivity index (χ0) is 23.8. The Bertz CT molecular complexity index is 1130. The van der Waals surface area contributed by atoms with E-state index in [9.17, 15) is 19.2 Å². The smallest absolute Gasteiger partial charge is 0.303 e. The molecule has 0 aliphatic rings. The molecular weight excluding hydrogens is 444 g/mol. The van der Waals surface area contributed by atoms with Crippen LogP contribution in [0.3, 0.4) is 0 Å². The second-order valence-corrected chi connectivity index (χ2v) is 8.45. The Morgan fingerprint density at radius 3 is 2.42 bits per heavy atom. The molecule has 172 valence electrons. The highest BCUT2D eigenvalue weighted by Gasteiger charge is 2.22. The Hall–Kier alpha value is -3.79. The van der Waals surface area contributed by atoms with Crippen LogP contribution in [0.2, 0.25) is 0 Å². The average Bonchev–Trinajstić information content (AvgIpc) is 3.23. The molecule has 0 radical (unpaired) electrons. The molecule has 3 amide bonds. The first-order valence-electron chi connectivity index (χ1n) is 10.3. The predicted molar refractivity (Wildman–Crippen MR) is 124 cm³/mol. The number of benzene rings is 2. The number of carbonyl (C=O) groups is 4. The van der Waals surface area contributed by atoms with E-state index in [-0.39, 0.29) is 25.8 Å². The van der Waals surface area contributed by atoms with Gasteiger partial charge in [-0.25, -0.2) is 4.98 Å². The van der Waals surface area contributed by atoms with Gasteiger partial charge in [-0.3, -0.25) is 19.2 Å². The second kappa shape index (κ2) is 11.2. The van der Waals surface area contributed by atoms with Gasteiger partial charge in [-0.2, -0.15) is 0 Å². The van der Waals surface area contributed by atoms with Gasteiger partial charge in [0.25, 0.3) is 0 Å². The monoisotopic (exact) mass is 468 g/mol. The largest absolute Gasteiger partial charge is 0.481 e. The summed E-state index contributed by atoms with van der Waals surface area (Å²) in [6.07, 6.45) is 0.165. The number of aryl methyl sites for hydroxylation is 1. The number of aromatic nitrogens is 1. The molecule has 1 atom stereocenters. The van der Waals surface area contributed by atoms with Crippen LogP contribution < -0.4 is 16.4 Å². The van der Waals surface area contributed by atoms with Gasteiger partial charge >= 0.3 is 5.97 Å². The first-order chi connectivity index (χ1) is 15.8. The maximum absolute atomic E-state index is 12.4. The molecule has 33 heavy (non-hydrogen) atoms. The highest BCUT2D eigenvalue weighted by molar-refractivity contribution is 7.21. The topological polar surface area (TPSA) is 151 Å². The number of nitrogens with two attached hydrogens (primary N) is 1. The van der Waals surface area contributed by atoms with E-state index < -0.39 is 29.7 Å². The van der Waals surface area contributed by atoms with Crippen molar-refractivity contribution < 1.29 is 24.3 Å². The van der Waals surface area contributed by atoms with Crippen molar-refractivity contribution >= 4 is 45.2 Å². The molecule has 2 aromatic carbocycles. The summed E-state index contributed by atoms with van der Waals surface area (Å²) in [6.45, 7) is -0.390. The molecule has 0 aliphatic carbocycles. The van der Waals surface area contributed by atoms with Crippen LogP contribution in [0.5, 0.6) is 0 Å². The van der Waals surface area contributed by atoms with E-state index >= 15 is 0 Å². The van der Waals surface area contributed by atoms with Crippen molar-refractivity contribution in [3.8, 4) is 10.6 Å². The summed E-state index contributed by atoms with van der Waals surface area (Å²) in [5.41, 5.74) is 7.89. The lowest BCUT2D eigenvalue weighted by Gasteiger charge is -2.17. The summed E-state index contributed by atoms with van der Waals surface area (Å²) in [7, 11) is 0. The molecule has 0 saturated heterocycles. The molecule has 0 unspecified atom stereocenters. The molecule has 0 fully saturated rings. The Balaban J connectivity index is 1.55. The Morgan fingerprint density at radius 1 is 1.03 bits per heavy atom. The van der Waals surface area contributed by atoms with Gasteiger partial charge in [0.1, 0.15) is 11.0 Å². The van der Waals surface area contributed by atoms with Gasteiger partial charge in [0, 0.05) is 18.4 Å². The minimum Gasteiger partial charge on any atom is -0.481 e. The fourth-order valence-electron chi connectivity index (χ4n) is 3.17. The quantitative estimate of drug-likeness (QED) is 0.337. The molecule has 5 N–H and O–H groups in total. The third kappa shape index (κ3) is 7.11. The molecule has 10 heteroatoms. The van der Waals surface area contributed by atoms with Crippen molar-refractivity contribution in [3.63, 3.8) is 0 Å². The van der Waals surface area contributed by atoms with E-state index in [4.69, 9.17) is 10.8 Å². The van der Waals surface area contributed by atoms with Crippen LogP contribution >= 0.6 is 11.3 Å². The zero-order valence-corrected chi connectivity index (χ0v) is 18.6. The van der Waals surface area contributed by atoms with E-state index in [1.807, 2.05) is 48.5 Å². The first-order valence-corrected chi connectivity index (χ1v) is 11.2. The number of fused-ring (bicyclic) bond motifs is 1. The van der Waals surface area contributed by atoms with Crippen LogP contribution in [-0.2, 0) is 25.6 Å². The average molecular weight is 469 g/mol. The summed E-state index contributed by atoms with van der Waals surface area (Å²) in [5, 5.41) is 14.6. The third-order valence-electron chi connectivity index (χ3n) is 4.87. The number of carboxylic acid groups (broad SMARTS) is 1. The molecule has 3 aromatic rings. The molecule has 0 bridgehead atoms. The van der Waals surface area contributed by atoms with Gasteiger partial charge in [0.2, 0.25) is 17.7 Å². The SMILES string of the molecule is NC(=O)CNC(=O)[C@H](CCC(=O)O)NC(=O)CCc1ccc(-c2nc3ccccc3s2)cc1. The Morgan fingerprint density at radius 2 is 1.76 bits per heavy atom. The molecular formula is C23H24N4O5S. The number of aliphatic carboxylic acids is 1. The molecule has 9 nitrogen and oxygen atoms in total. The number of thiazole rings is 1. The summed E-state index contributed by atoms with van der Waals surface area (Å²) in [6, 6.07) is 14.6. The van der Waals surface area contributed by atoms with Crippen LogP contribution in [0.1, 0.15) is 24.8 Å². The predicted octanol–water partition coefficient (Wildman–Crippen LogP) is 1.85. The van der Waals surface area contributed by atoms with Gasteiger partial charge in [-0.05, 0) is 30.5 Å². The number of hydrogen-bond acceptors (Lipinski definition) is 6. The van der Waals surface area contributed by atoms with Crippen molar-refractivity contribution in [2.45, 2.75) is 31.7 Å². The normalized spacial score (nSPS) is 11.6. The van der Waals surface area contributed by atoms with Gasteiger partial charge in [0.05, 0.1) is 16.8 Å². The summed E-state index contributed by atoms with van der Waals surface area (Å²) in [4.78, 5) is 50.9. The maximum Gasteiger partial charge on any atom is 0.303 e. The van der Waals surface area contributed by atoms with Crippen molar-refractivity contribution in [2.24, 2.45) is 5.73 Å². The Kier molecular flexibility index (Phi) is 8.09. The number of primary amides is 1. The fraction of sp³-hybridized carbons (Fsp3) is 0.261.